The maximum atomic E-state index is 6.61. The summed E-state index contributed by atoms with van der Waals surface area (Å²) >= 11 is 0. The van der Waals surface area contributed by atoms with Crippen molar-refractivity contribution in [2.75, 3.05) is 4.90 Å². The molecule has 0 spiro atoms. The lowest BCUT2D eigenvalue weighted by Crippen LogP contribution is -2.49. The molecule has 8 aromatic carbocycles. The first-order valence-corrected chi connectivity index (χ1v) is 20.7. The number of para-hydroxylation sites is 1. The number of rotatable bonds is 5. The second-order valence-corrected chi connectivity index (χ2v) is 18.5. The number of hydrogen-bond donors (Lipinski definition) is 0. The summed E-state index contributed by atoms with van der Waals surface area (Å²) in [6, 6.07) is 64.1. The summed E-state index contributed by atoms with van der Waals surface area (Å²) in [6.07, 6.45) is 0. The molecule has 0 bridgehead atoms. The van der Waals surface area contributed by atoms with Gasteiger partial charge in [0.25, 0.3) is 0 Å². The molecule has 1 aromatic heterocycles. The first kappa shape index (κ1) is 29.7. The Bertz CT molecular complexity index is 2780. The number of anilines is 3. The summed E-state index contributed by atoms with van der Waals surface area (Å²) < 4.78 is 6.61. The normalized spacial score (nSPS) is 13.1. The summed E-state index contributed by atoms with van der Waals surface area (Å²) in [4.78, 5) is 2.43. The Balaban J connectivity index is 1.15. The third kappa shape index (κ3) is 4.77. The topological polar surface area (TPSA) is 16.4 Å². The monoisotopic (exact) mass is 669 g/mol. The lowest BCUT2D eigenvalue weighted by Gasteiger charge is -2.28. The first-order chi connectivity index (χ1) is 25.0. The van der Waals surface area contributed by atoms with Crippen LogP contribution < -0.4 is 15.3 Å². The van der Waals surface area contributed by atoms with Crippen LogP contribution in [0.2, 0.25) is 13.1 Å². The number of nitrogens with zero attached hydrogens (tertiary/aromatic N) is 1. The summed E-state index contributed by atoms with van der Waals surface area (Å²) in [6.45, 7) is 4.97. The van der Waals surface area contributed by atoms with Crippen molar-refractivity contribution in [2.45, 2.75) is 13.1 Å². The standard InChI is InChI=1S/C48H35NOSi/c1-51(2)45-27-26-42-41-18-9-10-19-44(41)50-48(42)47(45)43-25-24-40(31-46(43)51)49(38-17-11-16-34(29-38)32-12-5-3-6-13-32)39-23-22-36-28-35(20-21-37(36)30-39)33-14-7-4-8-15-33/h3-31H,1-2H3. The predicted octanol–water partition coefficient (Wildman–Crippen LogP) is 12.3. The molecule has 0 radical (unpaired) electrons. The summed E-state index contributed by atoms with van der Waals surface area (Å²) in [7, 11) is -2.06. The van der Waals surface area contributed by atoms with E-state index in [4.69, 9.17) is 4.42 Å². The minimum atomic E-state index is -2.06. The minimum Gasteiger partial charge on any atom is -0.455 e. The molecule has 0 saturated carbocycles. The van der Waals surface area contributed by atoms with Crippen LogP contribution >= 0.6 is 0 Å². The van der Waals surface area contributed by atoms with Gasteiger partial charge in [-0.3, -0.25) is 0 Å². The van der Waals surface area contributed by atoms with Crippen LogP contribution in [0.3, 0.4) is 0 Å². The first-order valence-electron chi connectivity index (χ1n) is 17.7. The van der Waals surface area contributed by atoms with Crippen LogP contribution in [-0.2, 0) is 0 Å². The van der Waals surface area contributed by atoms with Gasteiger partial charge in [-0.25, -0.2) is 0 Å². The van der Waals surface area contributed by atoms with E-state index in [0.717, 1.165) is 28.2 Å². The molecule has 0 N–H and O–H groups in total. The van der Waals surface area contributed by atoms with E-state index in [1.54, 1.807) is 0 Å². The molecule has 0 amide bonds. The van der Waals surface area contributed by atoms with E-state index in [-0.39, 0.29) is 0 Å². The predicted molar refractivity (Wildman–Crippen MR) is 219 cm³/mol. The van der Waals surface area contributed by atoms with Crippen molar-refractivity contribution >= 4 is 68.2 Å². The highest BCUT2D eigenvalue weighted by Gasteiger charge is 2.40. The van der Waals surface area contributed by atoms with Gasteiger partial charge in [-0.2, -0.15) is 0 Å². The number of fused-ring (bicyclic) bond motifs is 8. The van der Waals surface area contributed by atoms with Crippen molar-refractivity contribution in [3.63, 3.8) is 0 Å². The van der Waals surface area contributed by atoms with Gasteiger partial charge in [-0.15, -0.1) is 0 Å². The lowest BCUT2D eigenvalue weighted by atomic mass is 10.00. The van der Waals surface area contributed by atoms with Crippen LogP contribution in [0.5, 0.6) is 0 Å². The third-order valence-electron chi connectivity index (χ3n) is 10.8. The molecule has 3 heteroatoms. The Kier molecular flexibility index (Phi) is 6.67. The van der Waals surface area contributed by atoms with Crippen LogP contribution in [0, 0.1) is 0 Å². The smallest absolute Gasteiger partial charge is 0.143 e. The van der Waals surface area contributed by atoms with Gasteiger partial charge in [0.05, 0.1) is 0 Å². The van der Waals surface area contributed by atoms with Crippen molar-refractivity contribution in [3.8, 4) is 33.4 Å². The molecule has 0 fully saturated rings. The van der Waals surface area contributed by atoms with Crippen molar-refractivity contribution in [1.29, 1.82) is 0 Å². The summed E-state index contributed by atoms with van der Waals surface area (Å²) in [5.74, 6) is 0. The van der Waals surface area contributed by atoms with Crippen LogP contribution in [0.15, 0.2) is 180 Å². The van der Waals surface area contributed by atoms with E-state index in [2.05, 4.69) is 194 Å². The molecule has 1 aliphatic heterocycles. The van der Waals surface area contributed by atoms with Gasteiger partial charge >= 0.3 is 0 Å². The number of furan rings is 1. The average molecular weight is 670 g/mol. The van der Waals surface area contributed by atoms with Crippen LogP contribution in [0.25, 0.3) is 66.1 Å². The largest absolute Gasteiger partial charge is 0.455 e. The summed E-state index contributed by atoms with van der Waals surface area (Å²) in [5, 5.41) is 7.70. The molecular weight excluding hydrogens is 635 g/mol. The molecule has 2 nitrogen and oxygen atoms in total. The summed E-state index contributed by atoms with van der Waals surface area (Å²) in [5.41, 5.74) is 12.8. The van der Waals surface area contributed by atoms with Gasteiger partial charge < -0.3 is 9.32 Å². The molecule has 51 heavy (non-hydrogen) atoms. The molecular formula is C48H35NOSi. The van der Waals surface area contributed by atoms with Gasteiger partial charge in [0.1, 0.15) is 19.2 Å². The molecule has 242 valence electrons. The zero-order valence-corrected chi connectivity index (χ0v) is 29.6. The molecule has 9 aromatic rings. The maximum Gasteiger partial charge on any atom is 0.143 e. The molecule has 0 saturated heterocycles. The Hall–Kier alpha value is -6.16. The fourth-order valence-electron chi connectivity index (χ4n) is 8.21. The highest BCUT2D eigenvalue weighted by Crippen LogP contribution is 2.43. The molecule has 0 unspecified atom stereocenters. The van der Waals surface area contributed by atoms with Crippen molar-refractivity contribution in [1.82, 2.24) is 0 Å². The Morgan fingerprint density at radius 1 is 0.431 bits per heavy atom. The number of benzene rings is 8. The van der Waals surface area contributed by atoms with E-state index in [0.29, 0.717) is 0 Å². The fraction of sp³-hybridized carbons (Fsp3) is 0.0417. The van der Waals surface area contributed by atoms with E-state index < -0.39 is 8.07 Å². The third-order valence-corrected chi connectivity index (χ3v) is 14.3. The molecule has 2 heterocycles. The Labute approximate surface area is 298 Å². The van der Waals surface area contributed by atoms with E-state index in [1.807, 2.05) is 0 Å². The minimum absolute atomic E-state index is 0.946. The molecule has 10 rings (SSSR count). The molecule has 0 aliphatic carbocycles. The van der Waals surface area contributed by atoms with Crippen molar-refractivity contribution in [3.05, 3.63) is 176 Å². The van der Waals surface area contributed by atoms with E-state index in [1.165, 1.54) is 65.3 Å². The van der Waals surface area contributed by atoms with Crippen molar-refractivity contribution in [2.24, 2.45) is 0 Å². The van der Waals surface area contributed by atoms with Crippen molar-refractivity contribution < 1.29 is 4.42 Å². The maximum absolute atomic E-state index is 6.61. The van der Waals surface area contributed by atoms with Gasteiger partial charge in [0.2, 0.25) is 0 Å². The number of hydrogen-bond acceptors (Lipinski definition) is 2. The lowest BCUT2D eigenvalue weighted by molar-refractivity contribution is 0.670. The zero-order chi connectivity index (χ0) is 34.1. The molecule has 1 aliphatic rings. The van der Waals surface area contributed by atoms with E-state index in [9.17, 15) is 0 Å². The van der Waals surface area contributed by atoms with E-state index >= 15 is 0 Å². The van der Waals surface area contributed by atoms with Crippen LogP contribution in [0.4, 0.5) is 17.1 Å². The van der Waals surface area contributed by atoms with Crippen LogP contribution in [-0.4, -0.2) is 8.07 Å². The highest BCUT2D eigenvalue weighted by molar-refractivity contribution is 7.04. The Morgan fingerprint density at radius 2 is 1.06 bits per heavy atom. The van der Waals surface area contributed by atoms with Gasteiger partial charge in [0, 0.05) is 33.4 Å². The van der Waals surface area contributed by atoms with Gasteiger partial charge in [-0.1, -0.05) is 140 Å². The van der Waals surface area contributed by atoms with Crippen LogP contribution in [0.1, 0.15) is 0 Å². The molecule has 0 atom stereocenters. The zero-order valence-electron chi connectivity index (χ0n) is 28.6. The highest BCUT2D eigenvalue weighted by atomic mass is 28.3. The quantitative estimate of drug-likeness (QED) is 0.170. The second-order valence-electron chi connectivity index (χ2n) is 14.2. The Morgan fingerprint density at radius 3 is 1.86 bits per heavy atom. The average Bonchev–Trinajstić information content (AvgIpc) is 3.67. The van der Waals surface area contributed by atoms with Gasteiger partial charge in [-0.05, 0) is 97.5 Å². The second kappa shape index (κ2) is 11.4. The fourth-order valence-corrected chi connectivity index (χ4v) is 11.3. The SMILES string of the molecule is C[Si]1(C)c2cc(N(c3cccc(-c4ccccc4)c3)c3ccc4cc(-c5ccccc5)ccc4c3)ccc2-c2c1ccc1c2oc2ccccc21. The van der Waals surface area contributed by atoms with Gasteiger partial charge in [0.15, 0.2) is 0 Å².